The van der Waals surface area contributed by atoms with Crippen molar-refractivity contribution < 1.29 is 9.90 Å². The third-order valence-electron chi connectivity index (χ3n) is 4.10. The lowest BCUT2D eigenvalue weighted by molar-refractivity contribution is 0.154. The van der Waals surface area contributed by atoms with Gasteiger partial charge in [0.2, 0.25) is 0 Å². The van der Waals surface area contributed by atoms with Crippen LogP contribution in [0.2, 0.25) is 5.02 Å². The molecule has 0 aliphatic heterocycles. The summed E-state index contributed by atoms with van der Waals surface area (Å²) in [7, 11) is 1.68. The average molecular weight is 347 g/mol. The highest BCUT2D eigenvalue weighted by Gasteiger charge is 2.20. The number of nitrogens with one attached hydrogen (secondary N) is 1. The summed E-state index contributed by atoms with van der Waals surface area (Å²) in [5, 5.41) is 13.0. The highest BCUT2D eigenvalue weighted by Crippen LogP contribution is 2.20. The molecule has 2 N–H and O–H groups in total. The number of likely N-dealkylation sites (N-methyl/N-ethyl adjacent to an activating group) is 1. The first-order valence-corrected chi connectivity index (χ1v) is 8.32. The Bertz CT molecular complexity index is 646. The predicted molar refractivity (Wildman–Crippen MR) is 97.2 cm³/mol. The maximum atomic E-state index is 12.5. The van der Waals surface area contributed by atoms with Crippen LogP contribution in [-0.2, 0) is 6.42 Å². The molecule has 0 aliphatic carbocycles. The highest BCUT2D eigenvalue weighted by molar-refractivity contribution is 6.30. The van der Waals surface area contributed by atoms with Gasteiger partial charge in [-0.15, -0.1) is 0 Å². The van der Waals surface area contributed by atoms with Crippen LogP contribution in [0.3, 0.4) is 0 Å². The molecule has 0 aromatic heterocycles. The lowest BCUT2D eigenvalue weighted by Crippen LogP contribution is -2.45. The van der Waals surface area contributed by atoms with Crippen LogP contribution in [0.5, 0.6) is 0 Å². The molecule has 2 atom stereocenters. The number of hydrogen-bond acceptors (Lipinski definition) is 2. The summed E-state index contributed by atoms with van der Waals surface area (Å²) in [5.74, 6) is 0. The summed E-state index contributed by atoms with van der Waals surface area (Å²) >= 11 is 5.94. The Kier molecular flexibility index (Phi) is 6.64. The van der Waals surface area contributed by atoms with E-state index in [1.807, 2.05) is 54.6 Å². The Morgan fingerprint density at radius 2 is 1.79 bits per heavy atom. The maximum Gasteiger partial charge on any atom is 0.317 e. The van der Waals surface area contributed by atoms with Crippen molar-refractivity contribution in [2.75, 3.05) is 13.7 Å². The summed E-state index contributed by atoms with van der Waals surface area (Å²) in [5.41, 5.74) is 2.12. The second kappa shape index (κ2) is 8.71. The molecule has 2 rings (SSSR count). The van der Waals surface area contributed by atoms with E-state index >= 15 is 0 Å². The highest BCUT2D eigenvalue weighted by atomic mass is 35.5. The molecular formula is C19H23ClN2O2. The Labute approximate surface area is 148 Å². The van der Waals surface area contributed by atoms with Crippen LogP contribution < -0.4 is 5.32 Å². The van der Waals surface area contributed by atoms with Gasteiger partial charge in [0.25, 0.3) is 0 Å². The zero-order valence-corrected chi connectivity index (χ0v) is 14.7. The second-order valence-electron chi connectivity index (χ2n) is 5.89. The lowest BCUT2D eigenvalue weighted by Gasteiger charge is -2.27. The number of hydrogen-bond donors (Lipinski definition) is 2. The van der Waals surface area contributed by atoms with Crippen molar-refractivity contribution in [1.29, 1.82) is 0 Å². The first kappa shape index (κ1) is 18.3. The number of amides is 2. The monoisotopic (exact) mass is 346 g/mol. The molecular weight excluding hydrogens is 324 g/mol. The van der Waals surface area contributed by atoms with E-state index in [1.54, 1.807) is 14.0 Å². The second-order valence-corrected chi connectivity index (χ2v) is 6.32. The van der Waals surface area contributed by atoms with Gasteiger partial charge in [-0.25, -0.2) is 4.79 Å². The average Bonchev–Trinajstić information content (AvgIpc) is 2.62. The third-order valence-corrected chi connectivity index (χ3v) is 4.35. The molecule has 2 unspecified atom stereocenters. The number of carbonyl (C=O) groups excluding carboxylic acids is 1. The summed E-state index contributed by atoms with van der Waals surface area (Å²) in [6, 6.07) is 16.9. The molecule has 0 saturated heterocycles. The van der Waals surface area contributed by atoms with Gasteiger partial charge >= 0.3 is 6.03 Å². The Balaban J connectivity index is 2.17. The van der Waals surface area contributed by atoms with E-state index in [4.69, 9.17) is 11.6 Å². The smallest absolute Gasteiger partial charge is 0.317 e. The number of halogens is 1. The van der Waals surface area contributed by atoms with E-state index in [9.17, 15) is 9.90 Å². The number of nitrogens with zero attached hydrogens (tertiary/aromatic N) is 1. The van der Waals surface area contributed by atoms with Crippen LogP contribution in [0.25, 0.3) is 0 Å². The molecule has 24 heavy (non-hydrogen) atoms. The van der Waals surface area contributed by atoms with E-state index in [2.05, 4.69) is 5.32 Å². The minimum absolute atomic E-state index is 0.0723. The van der Waals surface area contributed by atoms with Gasteiger partial charge in [-0.05, 0) is 36.6 Å². The zero-order valence-electron chi connectivity index (χ0n) is 13.9. The van der Waals surface area contributed by atoms with E-state index in [0.29, 0.717) is 11.4 Å². The largest absolute Gasteiger partial charge is 0.394 e. The number of aliphatic hydroxyl groups is 1. The van der Waals surface area contributed by atoms with Gasteiger partial charge in [-0.3, -0.25) is 0 Å². The number of carbonyl (C=O) groups is 1. The molecule has 128 valence electrons. The number of urea groups is 1. The Morgan fingerprint density at radius 3 is 2.38 bits per heavy atom. The first-order valence-electron chi connectivity index (χ1n) is 7.95. The van der Waals surface area contributed by atoms with E-state index in [0.717, 1.165) is 11.1 Å². The van der Waals surface area contributed by atoms with E-state index in [-0.39, 0.29) is 24.7 Å². The van der Waals surface area contributed by atoms with Gasteiger partial charge in [0, 0.05) is 12.1 Å². The molecule has 0 saturated carbocycles. The van der Waals surface area contributed by atoms with Crippen LogP contribution in [0.15, 0.2) is 54.6 Å². The van der Waals surface area contributed by atoms with Crippen LogP contribution in [0.4, 0.5) is 4.79 Å². The van der Waals surface area contributed by atoms with Crippen LogP contribution in [0.1, 0.15) is 24.1 Å². The number of rotatable bonds is 6. The Morgan fingerprint density at radius 1 is 1.17 bits per heavy atom. The molecule has 0 heterocycles. The third kappa shape index (κ3) is 4.98. The van der Waals surface area contributed by atoms with E-state index in [1.165, 1.54) is 4.90 Å². The van der Waals surface area contributed by atoms with E-state index < -0.39 is 0 Å². The molecule has 0 radical (unpaired) electrons. The van der Waals surface area contributed by atoms with Crippen molar-refractivity contribution in [2.24, 2.45) is 0 Å². The van der Waals surface area contributed by atoms with Gasteiger partial charge in [0.15, 0.2) is 0 Å². The molecule has 0 fully saturated rings. The molecule has 4 nitrogen and oxygen atoms in total. The van der Waals surface area contributed by atoms with Crippen molar-refractivity contribution in [2.45, 2.75) is 25.4 Å². The molecule has 5 heteroatoms. The molecule has 2 aromatic rings. The standard InChI is InChI=1S/C19H23ClN2O2/c1-14(13-23)22(2)19(24)21-18(16-6-4-3-5-7-16)12-15-8-10-17(20)11-9-15/h3-11,14,18,23H,12-13H2,1-2H3,(H,21,24). The van der Waals surface area contributed by atoms with Crippen LogP contribution >= 0.6 is 11.6 Å². The number of benzene rings is 2. The maximum absolute atomic E-state index is 12.5. The fourth-order valence-corrected chi connectivity index (χ4v) is 2.49. The minimum Gasteiger partial charge on any atom is -0.394 e. The van der Waals surface area contributed by atoms with Crippen LogP contribution in [0, 0.1) is 0 Å². The summed E-state index contributed by atoms with van der Waals surface area (Å²) < 4.78 is 0. The topological polar surface area (TPSA) is 52.6 Å². The normalized spacial score (nSPS) is 13.2. The SMILES string of the molecule is CC(CO)N(C)C(=O)NC(Cc1ccc(Cl)cc1)c1ccccc1. The van der Waals surface area contributed by atoms with Crippen molar-refractivity contribution in [3.63, 3.8) is 0 Å². The molecule has 0 aliphatic rings. The first-order chi connectivity index (χ1) is 11.5. The molecule has 2 amide bonds. The van der Waals surface area contributed by atoms with Crippen molar-refractivity contribution in [1.82, 2.24) is 10.2 Å². The minimum atomic E-state index is -0.239. The quantitative estimate of drug-likeness (QED) is 0.839. The van der Waals surface area contributed by atoms with Crippen molar-refractivity contribution in [3.05, 3.63) is 70.7 Å². The van der Waals surface area contributed by atoms with Crippen LogP contribution in [-0.4, -0.2) is 35.7 Å². The Hall–Kier alpha value is -2.04. The summed E-state index contributed by atoms with van der Waals surface area (Å²) in [6.07, 6.45) is 0.661. The summed E-state index contributed by atoms with van der Waals surface area (Å²) in [6.45, 7) is 1.73. The van der Waals surface area contributed by atoms with Crippen molar-refractivity contribution >= 4 is 17.6 Å². The molecule has 2 aromatic carbocycles. The lowest BCUT2D eigenvalue weighted by atomic mass is 9.99. The van der Waals surface area contributed by atoms with Gasteiger partial charge in [-0.2, -0.15) is 0 Å². The van der Waals surface area contributed by atoms with Gasteiger partial charge in [0.1, 0.15) is 0 Å². The fourth-order valence-electron chi connectivity index (χ4n) is 2.37. The number of aliphatic hydroxyl groups excluding tert-OH is 1. The zero-order chi connectivity index (χ0) is 17.5. The van der Waals surface area contributed by atoms with Gasteiger partial charge < -0.3 is 15.3 Å². The molecule has 0 bridgehead atoms. The fraction of sp³-hybridized carbons (Fsp3) is 0.316. The van der Waals surface area contributed by atoms with Crippen molar-refractivity contribution in [3.8, 4) is 0 Å². The van der Waals surface area contributed by atoms with Gasteiger partial charge in [-0.1, -0.05) is 54.1 Å². The predicted octanol–water partition coefficient (Wildman–Crippen LogP) is 3.65. The molecule has 0 spiro atoms. The summed E-state index contributed by atoms with van der Waals surface area (Å²) in [4.78, 5) is 14.0. The van der Waals surface area contributed by atoms with Gasteiger partial charge in [0.05, 0.1) is 18.7 Å².